The van der Waals surface area contributed by atoms with E-state index in [4.69, 9.17) is 9.47 Å². The molecule has 39 heavy (non-hydrogen) atoms. The van der Waals surface area contributed by atoms with Crippen LogP contribution in [0.5, 0.6) is 11.5 Å². The van der Waals surface area contributed by atoms with E-state index in [-0.39, 0.29) is 36.4 Å². The summed E-state index contributed by atoms with van der Waals surface area (Å²) in [4.78, 5) is 48.8. The minimum atomic E-state index is -0.325. The third-order valence-electron chi connectivity index (χ3n) is 7.34. The number of nitrogens with zero attached hydrogens (tertiary/aromatic N) is 2. The van der Waals surface area contributed by atoms with Crippen molar-refractivity contribution in [3.63, 3.8) is 0 Å². The zero-order chi connectivity index (χ0) is 27.1. The molecular formula is C30H28N4O5. The van der Waals surface area contributed by atoms with Gasteiger partial charge in [-0.1, -0.05) is 25.1 Å². The fraction of sp³-hybridized carbons (Fsp3) is 0.267. The van der Waals surface area contributed by atoms with E-state index < -0.39 is 0 Å². The second-order valence-corrected chi connectivity index (χ2v) is 10.00. The number of ether oxygens (including phenoxy) is 2. The predicted octanol–water partition coefficient (Wildman–Crippen LogP) is 4.07. The minimum absolute atomic E-state index is 0.00697. The lowest BCUT2D eigenvalue weighted by molar-refractivity contribution is 0.0769. The van der Waals surface area contributed by atoms with Crippen molar-refractivity contribution >= 4 is 45.5 Å². The lowest BCUT2D eigenvalue weighted by atomic mass is 10.1. The molecule has 2 amide bonds. The van der Waals surface area contributed by atoms with Crippen molar-refractivity contribution < 1.29 is 19.1 Å². The Hall–Kier alpha value is -4.66. The van der Waals surface area contributed by atoms with Gasteiger partial charge in [-0.05, 0) is 42.7 Å². The number of benzene rings is 3. The van der Waals surface area contributed by atoms with Crippen LogP contribution in [0.1, 0.15) is 34.1 Å². The van der Waals surface area contributed by atoms with Gasteiger partial charge in [0, 0.05) is 35.1 Å². The topological polar surface area (TPSA) is 113 Å². The quantitative estimate of drug-likeness (QED) is 0.292. The van der Waals surface area contributed by atoms with Crippen LogP contribution in [-0.4, -0.2) is 60.8 Å². The number of pyridine rings is 1. The molecule has 0 saturated carbocycles. The predicted molar refractivity (Wildman–Crippen MR) is 150 cm³/mol. The summed E-state index contributed by atoms with van der Waals surface area (Å²) in [6, 6.07) is 15.7. The number of hydrogen-bond acceptors (Lipinski definition) is 6. The van der Waals surface area contributed by atoms with Gasteiger partial charge >= 0.3 is 0 Å². The van der Waals surface area contributed by atoms with Gasteiger partial charge in [0.15, 0.2) is 16.9 Å². The van der Waals surface area contributed by atoms with Crippen LogP contribution in [-0.2, 0) is 0 Å². The van der Waals surface area contributed by atoms with Crippen molar-refractivity contribution in [3.05, 3.63) is 75.9 Å². The standard InChI is InChI=1S/C30H28N4O5/c1-17-12-18-15-32-24-14-26(25(38-2)13-22(24)30(37)34(18)16-17)39-11-10-31-29(36)21-8-5-7-20-27(21)33-23-9-4-3-6-19(23)28(20)35/h3-9,13-15,17-18H,10-12,16H2,1-2H3,(H,31,36)(H,33,35)/t17-,18+/m1/s1. The molecule has 0 aliphatic carbocycles. The molecule has 3 heterocycles. The normalized spacial score (nSPS) is 18.1. The summed E-state index contributed by atoms with van der Waals surface area (Å²) in [5, 5.41) is 3.89. The fourth-order valence-corrected chi connectivity index (χ4v) is 5.44. The first-order valence-electron chi connectivity index (χ1n) is 13.0. The zero-order valence-electron chi connectivity index (χ0n) is 21.7. The molecule has 0 bridgehead atoms. The summed E-state index contributed by atoms with van der Waals surface area (Å²) in [6.45, 7) is 3.21. The Labute approximate surface area is 224 Å². The number of fused-ring (bicyclic) bond motifs is 4. The van der Waals surface area contributed by atoms with Crippen LogP contribution in [0.4, 0.5) is 5.69 Å². The Bertz CT molecular complexity index is 1710. The number of rotatable bonds is 6. The van der Waals surface area contributed by atoms with Crippen LogP contribution >= 0.6 is 0 Å². The van der Waals surface area contributed by atoms with Gasteiger partial charge in [-0.25, -0.2) is 0 Å². The molecule has 1 fully saturated rings. The first-order valence-corrected chi connectivity index (χ1v) is 13.0. The second-order valence-electron chi connectivity index (χ2n) is 10.00. The van der Waals surface area contributed by atoms with Gasteiger partial charge in [0.2, 0.25) is 0 Å². The van der Waals surface area contributed by atoms with E-state index in [9.17, 15) is 14.4 Å². The lowest BCUT2D eigenvalue weighted by Gasteiger charge is -2.20. The zero-order valence-corrected chi connectivity index (χ0v) is 21.7. The van der Waals surface area contributed by atoms with Gasteiger partial charge in [0.1, 0.15) is 6.61 Å². The summed E-state index contributed by atoms with van der Waals surface area (Å²) in [6.07, 6.45) is 2.73. The van der Waals surface area contributed by atoms with Crippen LogP contribution < -0.4 is 20.2 Å². The number of aromatic amines is 1. The Kier molecular flexibility index (Phi) is 6.26. The molecular weight excluding hydrogens is 496 g/mol. The van der Waals surface area contributed by atoms with Crippen LogP contribution in [0.2, 0.25) is 0 Å². The third kappa shape index (κ3) is 4.39. The Morgan fingerprint density at radius 1 is 1.10 bits per heavy atom. The van der Waals surface area contributed by atoms with Gasteiger partial charge in [-0.3, -0.25) is 19.4 Å². The van der Waals surface area contributed by atoms with Crippen LogP contribution in [0.25, 0.3) is 21.8 Å². The van der Waals surface area contributed by atoms with E-state index in [1.807, 2.05) is 29.3 Å². The van der Waals surface area contributed by atoms with Crippen LogP contribution in [0.3, 0.4) is 0 Å². The molecule has 198 valence electrons. The number of aromatic nitrogens is 1. The Balaban J connectivity index is 1.17. The second kappa shape index (κ2) is 9.90. The number of H-pyrrole nitrogens is 1. The number of para-hydroxylation sites is 2. The summed E-state index contributed by atoms with van der Waals surface area (Å²) in [5.41, 5.74) is 2.44. The van der Waals surface area contributed by atoms with E-state index in [1.54, 1.807) is 36.4 Å². The molecule has 9 nitrogen and oxygen atoms in total. The molecule has 0 unspecified atom stereocenters. The molecule has 6 rings (SSSR count). The van der Waals surface area contributed by atoms with Gasteiger partial charge in [0.25, 0.3) is 11.8 Å². The lowest BCUT2D eigenvalue weighted by Crippen LogP contribution is -2.35. The number of carbonyl (C=O) groups is 2. The average molecular weight is 525 g/mol. The Morgan fingerprint density at radius 2 is 1.92 bits per heavy atom. The third-order valence-corrected chi connectivity index (χ3v) is 7.34. The Morgan fingerprint density at radius 3 is 2.77 bits per heavy atom. The highest BCUT2D eigenvalue weighted by Gasteiger charge is 2.35. The summed E-state index contributed by atoms with van der Waals surface area (Å²) in [5.74, 6) is 0.906. The van der Waals surface area contributed by atoms with E-state index >= 15 is 0 Å². The molecule has 3 aromatic carbocycles. The van der Waals surface area contributed by atoms with Crippen molar-refractivity contribution in [2.45, 2.75) is 19.4 Å². The molecule has 4 aromatic rings. The molecule has 2 atom stereocenters. The molecule has 2 N–H and O–H groups in total. The highest BCUT2D eigenvalue weighted by Crippen LogP contribution is 2.38. The van der Waals surface area contributed by atoms with E-state index in [0.717, 1.165) is 6.42 Å². The first-order chi connectivity index (χ1) is 18.9. The van der Waals surface area contributed by atoms with Gasteiger partial charge < -0.3 is 24.7 Å². The summed E-state index contributed by atoms with van der Waals surface area (Å²) >= 11 is 0. The van der Waals surface area contributed by atoms with Gasteiger partial charge in [-0.15, -0.1) is 0 Å². The number of aliphatic imine (C=N–C) groups is 1. The highest BCUT2D eigenvalue weighted by atomic mass is 16.5. The fourth-order valence-electron chi connectivity index (χ4n) is 5.44. The number of amides is 2. The average Bonchev–Trinajstić information content (AvgIpc) is 3.28. The number of methoxy groups -OCH3 is 1. The van der Waals surface area contributed by atoms with Crippen molar-refractivity contribution in [1.82, 2.24) is 15.2 Å². The van der Waals surface area contributed by atoms with E-state index in [0.29, 0.717) is 62.6 Å². The summed E-state index contributed by atoms with van der Waals surface area (Å²) < 4.78 is 11.4. The van der Waals surface area contributed by atoms with Crippen LogP contribution in [0.15, 0.2) is 64.4 Å². The first kappa shape index (κ1) is 24.7. The van der Waals surface area contributed by atoms with E-state index in [1.165, 1.54) is 7.11 Å². The smallest absolute Gasteiger partial charge is 0.256 e. The van der Waals surface area contributed by atoms with Crippen molar-refractivity contribution in [1.29, 1.82) is 0 Å². The van der Waals surface area contributed by atoms with Gasteiger partial charge in [0.05, 0.1) is 42.0 Å². The van der Waals surface area contributed by atoms with Crippen molar-refractivity contribution in [2.24, 2.45) is 10.9 Å². The largest absolute Gasteiger partial charge is 0.493 e. The minimum Gasteiger partial charge on any atom is -0.493 e. The maximum absolute atomic E-state index is 13.2. The molecule has 9 heteroatoms. The molecule has 0 spiro atoms. The summed E-state index contributed by atoms with van der Waals surface area (Å²) in [7, 11) is 1.52. The number of carbonyl (C=O) groups excluding carboxylic acids is 2. The highest BCUT2D eigenvalue weighted by molar-refractivity contribution is 6.07. The van der Waals surface area contributed by atoms with Crippen molar-refractivity contribution in [2.75, 3.05) is 26.8 Å². The SMILES string of the molecule is COc1cc2c(cc1OCCNC(=O)c1cccc3c(=O)c4ccccc4[nH]c13)N=C[C@@H]1C[C@@H](C)CN1C2=O. The molecule has 2 aliphatic rings. The molecule has 1 saturated heterocycles. The van der Waals surface area contributed by atoms with E-state index in [2.05, 4.69) is 22.2 Å². The molecule has 1 aromatic heterocycles. The van der Waals surface area contributed by atoms with Crippen LogP contribution in [0, 0.1) is 5.92 Å². The number of hydrogen-bond donors (Lipinski definition) is 2. The van der Waals surface area contributed by atoms with Crippen molar-refractivity contribution in [3.8, 4) is 11.5 Å². The molecule has 0 radical (unpaired) electrons. The van der Waals surface area contributed by atoms with Gasteiger partial charge in [-0.2, -0.15) is 0 Å². The maximum Gasteiger partial charge on any atom is 0.256 e. The number of nitrogens with one attached hydrogen (secondary N) is 2. The monoisotopic (exact) mass is 524 g/mol. The molecule has 2 aliphatic heterocycles. The maximum atomic E-state index is 13.2.